The highest BCUT2D eigenvalue weighted by Gasteiger charge is 2.30. The van der Waals surface area contributed by atoms with E-state index in [9.17, 15) is 0 Å². The van der Waals surface area contributed by atoms with E-state index in [1.54, 1.807) is 7.11 Å². The highest BCUT2D eigenvalue weighted by atomic mass is 16.5. The summed E-state index contributed by atoms with van der Waals surface area (Å²) in [6, 6.07) is 1.20. The molecule has 0 aromatic heterocycles. The van der Waals surface area contributed by atoms with Gasteiger partial charge < -0.3 is 10.1 Å². The Labute approximate surface area is 63.0 Å². The van der Waals surface area contributed by atoms with Gasteiger partial charge >= 0.3 is 0 Å². The molecule has 0 heterocycles. The van der Waals surface area contributed by atoms with Gasteiger partial charge in [-0.05, 0) is 12.8 Å². The van der Waals surface area contributed by atoms with Crippen molar-refractivity contribution in [3.05, 3.63) is 0 Å². The Bertz CT molecular complexity index is 101. The normalized spacial score (nSPS) is 32.4. The molecule has 0 radical (unpaired) electrons. The third-order valence-corrected chi connectivity index (χ3v) is 2.06. The summed E-state index contributed by atoms with van der Waals surface area (Å²) in [5, 5.41) is 3.46. The molecule has 0 aliphatic heterocycles. The van der Waals surface area contributed by atoms with E-state index in [-0.39, 0.29) is 0 Å². The van der Waals surface area contributed by atoms with Crippen molar-refractivity contribution in [2.75, 3.05) is 7.11 Å². The van der Waals surface area contributed by atoms with Crippen molar-refractivity contribution < 1.29 is 4.74 Å². The molecule has 1 N–H and O–H groups in total. The van der Waals surface area contributed by atoms with Crippen molar-refractivity contribution in [2.24, 2.45) is 0 Å². The topological polar surface area (TPSA) is 21.3 Å². The van der Waals surface area contributed by atoms with Crippen molar-refractivity contribution in [3.8, 4) is 0 Å². The maximum absolute atomic E-state index is 5.24. The molecule has 0 amide bonds. The maximum atomic E-state index is 5.24. The minimum absolute atomic E-state index is 0.474. The van der Waals surface area contributed by atoms with Crippen LogP contribution in [0.3, 0.4) is 0 Å². The van der Waals surface area contributed by atoms with Gasteiger partial charge in [-0.25, -0.2) is 0 Å². The molecule has 2 heteroatoms. The lowest BCUT2D eigenvalue weighted by Crippen LogP contribution is -2.51. The quantitative estimate of drug-likeness (QED) is 0.640. The summed E-state index contributed by atoms with van der Waals surface area (Å²) in [4.78, 5) is 0. The van der Waals surface area contributed by atoms with E-state index in [0.29, 0.717) is 18.2 Å². The zero-order chi connectivity index (χ0) is 7.56. The molecule has 2 nitrogen and oxygen atoms in total. The molecule has 2 unspecified atom stereocenters. The molecule has 0 aromatic rings. The molecule has 60 valence electrons. The van der Waals surface area contributed by atoms with Gasteiger partial charge in [0.2, 0.25) is 0 Å². The van der Waals surface area contributed by atoms with Crippen molar-refractivity contribution in [2.45, 2.75) is 44.9 Å². The third-order valence-electron chi connectivity index (χ3n) is 2.06. The number of hydrogen-bond donors (Lipinski definition) is 1. The Kier molecular flexibility index (Phi) is 2.69. The molecular formula is C8H17NO. The van der Waals surface area contributed by atoms with E-state index >= 15 is 0 Å². The molecular weight excluding hydrogens is 126 g/mol. The zero-order valence-corrected chi connectivity index (χ0v) is 7.05. The first-order valence-corrected chi connectivity index (χ1v) is 4.03. The fraction of sp³-hybridized carbons (Fsp3) is 1.00. The average Bonchev–Trinajstić information content (AvgIpc) is 1.82. The van der Waals surface area contributed by atoms with Gasteiger partial charge in [-0.1, -0.05) is 13.8 Å². The van der Waals surface area contributed by atoms with Crippen molar-refractivity contribution in [1.29, 1.82) is 0 Å². The van der Waals surface area contributed by atoms with Gasteiger partial charge in [0.05, 0.1) is 6.10 Å². The Morgan fingerprint density at radius 3 is 2.40 bits per heavy atom. The number of methoxy groups -OCH3 is 1. The fourth-order valence-electron chi connectivity index (χ4n) is 1.37. The van der Waals surface area contributed by atoms with Crippen LogP contribution in [-0.2, 0) is 4.74 Å². The molecule has 1 fully saturated rings. The highest BCUT2D eigenvalue weighted by Crippen LogP contribution is 2.22. The van der Waals surface area contributed by atoms with Crippen LogP contribution in [0.25, 0.3) is 0 Å². The van der Waals surface area contributed by atoms with E-state index in [0.717, 1.165) is 0 Å². The summed E-state index contributed by atoms with van der Waals surface area (Å²) in [5.41, 5.74) is 0. The monoisotopic (exact) mass is 143 g/mol. The SMILES string of the molecule is COC1CCC1NC(C)C. The van der Waals surface area contributed by atoms with E-state index in [1.165, 1.54) is 12.8 Å². The number of nitrogens with one attached hydrogen (secondary N) is 1. The largest absolute Gasteiger partial charge is 0.380 e. The van der Waals surface area contributed by atoms with Gasteiger partial charge in [0.25, 0.3) is 0 Å². The molecule has 2 atom stereocenters. The molecule has 1 aliphatic rings. The molecule has 1 aliphatic carbocycles. The van der Waals surface area contributed by atoms with Crippen LogP contribution in [0.2, 0.25) is 0 Å². The first kappa shape index (κ1) is 8.02. The molecule has 1 saturated carbocycles. The molecule has 1 rings (SSSR count). The van der Waals surface area contributed by atoms with Gasteiger partial charge in [-0.2, -0.15) is 0 Å². The first-order chi connectivity index (χ1) is 4.74. The van der Waals surface area contributed by atoms with Crippen LogP contribution in [0.5, 0.6) is 0 Å². The number of ether oxygens (including phenoxy) is 1. The second-order valence-corrected chi connectivity index (χ2v) is 3.28. The second-order valence-electron chi connectivity index (χ2n) is 3.28. The van der Waals surface area contributed by atoms with E-state index in [2.05, 4.69) is 19.2 Å². The van der Waals surface area contributed by atoms with Crippen LogP contribution in [0.1, 0.15) is 26.7 Å². The van der Waals surface area contributed by atoms with Crippen molar-refractivity contribution in [1.82, 2.24) is 5.32 Å². The predicted octanol–water partition coefficient (Wildman–Crippen LogP) is 1.16. The Hall–Kier alpha value is -0.0800. The predicted molar refractivity (Wildman–Crippen MR) is 42.1 cm³/mol. The summed E-state index contributed by atoms with van der Waals surface area (Å²) in [6.45, 7) is 4.34. The molecule has 0 spiro atoms. The molecule has 0 saturated heterocycles. The fourth-order valence-corrected chi connectivity index (χ4v) is 1.37. The maximum Gasteiger partial charge on any atom is 0.0724 e. The summed E-state index contributed by atoms with van der Waals surface area (Å²) in [6.07, 6.45) is 2.97. The number of rotatable bonds is 3. The molecule has 0 aromatic carbocycles. The lowest BCUT2D eigenvalue weighted by Gasteiger charge is -2.37. The minimum atomic E-state index is 0.474. The zero-order valence-electron chi connectivity index (χ0n) is 7.05. The summed E-state index contributed by atoms with van der Waals surface area (Å²) in [7, 11) is 1.79. The van der Waals surface area contributed by atoms with E-state index < -0.39 is 0 Å². The van der Waals surface area contributed by atoms with Crippen LogP contribution in [0, 0.1) is 0 Å². The number of hydrogen-bond acceptors (Lipinski definition) is 2. The minimum Gasteiger partial charge on any atom is -0.380 e. The molecule has 0 bridgehead atoms. The van der Waals surface area contributed by atoms with E-state index in [1.807, 2.05) is 0 Å². The van der Waals surface area contributed by atoms with Crippen LogP contribution >= 0.6 is 0 Å². The van der Waals surface area contributed by atoms with E-state index in [4.69, 9.17) is 4.74 Å². The Morgan fingerprint density at radius 1 is 1.40 bits per heavy atom. The third kappa shape index (κ3) is 1.70. The van der Waals surface area contributed by atoms with Gasteiger partial charge in [0.15, 0.2) is 0 Å². The van der Waals surface area contributed by atoms with Gasteiger partial charge in [0, 0.05) is 19.2 Å². The lowest BCUT2D eigenvalue weighted by molar-refractivity contribution is 0.00376. The van der Waals surface area contributed by atoms with Gasteiger partial charge in [0.1, 0.15) is 0 Å². The van der Waals surface area contributed by atoms with Crippen LogP contribution in [0.15, 0.2) is 0 Å². The summed E-state index contributed by atoms with van der Waals surface area (Å²) < 4.78 is 5.24. The Morgan fingerprint density at radius 2 is 2.10 bits per heavy atom. The smallest absolute Gasteiger partial charge is 0.0724 e. The lowest BCUT2D eigenvalue weighted by atomic mass is 9.88. The van der Waals surface area contributed by atoms with Crippen LogP contribution in [-0.4, -0.2) is 25.3 Å². The highest BCUT2D eigenvalue weighted by molar-refractivity contribution is 4.88. The summed E-state index contributed by atoms with van der Waals surface area (Å²) >= 11 is 0. The standard InChI is InChI=1S/C8H17NO/c1-6(2)9-7-4-5-8(7)10-3/h6-9H,4-5H2,1-3H3. The average molecular weight is 143 g/mol. The second kappa shape index (κ2) is 3.35. The van der Waals surface area contributed by atoms with Crippen molar-refractivity contribution in [3.63, 3.8) is 0 Å². The van der Waals surface area contributed by atoms with Gasteiger partial charge in [-0.15, -0.1) is 0 Å². The van der Waals surface area contributed by atoms with Crippen molar-refractivity contribution >= 4 is 0 Å². The Balaban J connectivity index is 2.16. The van der Waals surface area contributed by atoms with Crippen LogP contribution in [0.4, 0.5) is 0 Å². The summed E-state index contributed by atoms with van der Waals surface area (Å²) in [5.74, 6) is 0. The first-order valence-electron chi connectivity index (χ1n) is 4.03. The van der Waals surface area contributed by atoms with Crippen LogP contribution < -0.4 is 5.32 Å². The molecule has 10 heavy (non-hydrogen) atoms. The van der Waals surface area contributed by atoms with Gasteiger partial charge in [-0.3, -0.25) is 0 Å².